The molecule has 2 aromatic rings. The van der Waals surface area contributed by atoms with E-state index >= 15 is 0 Å². The summed E-state index contributed by atoms with van der Waals surface area (Å²) in [5.41, 5.74) is 2.32. The molecule has 106 valence electrons. The monoisotopic (exact) mass is 289 g/mol. The van der Waals surface area contributed by atoms with Gasteiger partial charge in [-0.3, -0.25) is 0 Å². The van der Waals surface area contributed by atoms with Crippen LogP contribution in [0.1, 0.15) is 31.4 Å². The van der Waals surface area contributed by atoms with Crippen LogP contribution in [0.4, 0.5) is 5.69 Å². The number of halogens is 1. The van der Waals surface area contributed by atoms with Gasteiger partial charge in [0.05, 0.1) is 13.2 Å². The van der Waals surface area contributed by atoms with Crippen LogP contribution in [-0.2, 0) is 0 Å². The summed E-state index contributed by atoms with van der Waals surface area (Å²) in [6, 6.07) is 16.3. The van der Waals surface area contributed by atoms with Crippen molar-refractivity contribution in [3.8, 4) is 5.75 Å². The van der Waals surface area contributed by atoms with E-state index in [-0.39, 0.29) is 6.04 Å². The predicted molar refractivity (Wildman–Crippen MR) is 85.7 cm³/mol. The summed E-state index contributed by atoms with van der Waals surface area (Å²) in [4.78, 5) is 0. The van der Waals surface area contributed by atoms with E-state index in [1.165, 1.54) is 5.56 Å². The molecule has 1 atom stereocenters. The van der Waals surface area contributed by atoms with Crippen molar-refractivity contribution in [2.24, 2.45) is 0 Å². The second kappa shape index (κ2) is 7.20. The Morgan fingerprint density at radius 2 is 1.90 bits per heavy atom. The molecule has 0 aliphatic carbocycles. The van der Waals surface area contributed by atoms with Crippen molar-refractivity contribution in [3.05, 3.63) is 59.1 Å². The van der Waals surface area contributed by atoms with Gasteiger partial charge < -0.3 is 10.1 Å². The minimum atomic E-state index is 0.282. The molecular weight excluding hydrogens is 270 g/mol. The first-order chi connectivity index (χ1) is 9.72. The number of ether oxygens (including phenoxy) is 1. The average molecular weight is 290 g/mol. The molecule has 0 fully saturated rings. The van der Waals surface area contributed by atoms with Crippen molar-refractivity contribution in [3.63, 3.8) is 0 Å². The zero-order valence-corrected chi connectivity index (χ0v) is 12.7. The first kappa shape index (κ1) is 14.7. The van der Waals surface area contributed by atoms with Crippen LogP contribution in [0.5, 0.6) is 5.75 Å². The maximum atomic E-state index is 5.96. The third-order valence-corrected chi connectivity index (χ3v) is 3.51. The van der Waals surface area contributed by atoms with Gasteiger partial charge in [0, 0.05) is 16.8 Å². The van der Waals surface area contributed by atoms with Crippen LogP contribution in [0.3, 0.4) is 0 Å². The lowest BCUT2D eigenvalue weighted by Crippen LogP contribution is -2.10. The van der Waals surface area contributed by atoms with Gasteiger partial charge in [-0.1, -0.05) is 43.1 Å². The molecule has 20 heavy (non-hydrogen) atoms. The number of anilines is 1. The van der Waals surface area contributed by atoms with E-state index < -0.39 is 0 Å². The molecule has 0 heterocycles. The number of methoxy groups -OCH3 is 1. The fourth-order valence-electron chi connectivity index (χ4n) is 2.22. The Bertz CT molecular complexity index is 539. The molecule has 0 radical (unpaired) electrons. The summed E-state index contributed by atoms with van der Waals surface area (Å²) in [6.45, 7) is 2.19. The van der Waals surface area contributed by atoms with Crippen molar-refractivity contribution < 1.29 is 4.74 Å². The van der Waals surface area contributed by atoms with Gasteiger partial charge in [-0.2, -0.15) is 0 Å². The molecule has 1 unspecified atom stereocenters. The Hall–Kier alpha value is -1.67. The standard InChI is InChI=1S/C17H20ClNO/c1-3-5-17(13-8-10-14(18)11-9-13)19-15-6-4-7-16(12-15)20-2/h4,6-12,17,19H,3,5H2,1-2H3. The predicted octanol–water partition coefficient (Wildman–Crippen LogP) is 5.30. The maximum Gasteiger partial charge on any atom is 0.120 e. The fraction of sp³-hybridized carbons (Fsp3) is 0.294. The third-order valence-electron chi connectivity index (χ3n) is 3.26. The van der Waals surface area contributed by atoms with Crippen LogP contribution in [-0.4, -0.2) is 7.11 Å². The van der Waals surface area contributed by atoms with Gasteiger partial charge in [-0.15, -0.1) is 0 Å². The normalized spacial score (nSPS) is 11.9. The molecule has 0 saturated heterocycles. The van der Waals surface area contributed by atoms with Crippen molar-refractivity contribution in [1.82, 2.24) is 0 Å². The number of benzene rings is 2. The summed E-state index contributed by atoms with van der Waals surface area (Å²) < 4.78 is 5.26. The molecule has 0 aliphatic rings. The quantitative estimate of drug-likeness (QED) is 0.779. The number of hydrogen-bond donors (Lipinski definition) is 1. The van der Waals surface area contributed by atoms with Gasteiger partial charge in [0.15, 0.2) is 0 Å². The molecule has 0 aromatic heterocycles. The number of rotatable bonds is 6. The Kier molecular flexibility index (Phi) is 5.31. The Balaban J connectivity index is 2.18. The minimum Gasteiger partial charge on any atom is -0.497 e. The van der Waals surface area contributed by atoms with Crippen molar-refractivity contribution >= 4 is 17.3 Å². The summed E-state index contributed by atoms with van der Waals surface area (Å²) in [5, 5.41) is 4.34. The Labute approximate surface area is 125 Å². The smallest absolute Gasteiger partial charge is 0.120 e. The zero-order valence-electron chi connectivity index (χ0n) is 11.9. The maximum absolute atomic E-state index is 5.96. The molecule has 0 spiro atoms. The molecule has 3 heteroatoms. The molecule has 2 nitrogen and oxygen atoms in total. The third kappa shape index (κ3) is 3.91. The van der Waals surface area contributed by atoms with Gasteiger partial charge >= 0.3 is 0 Å². The lowest BCUT2D eigenvalue weighted by Gasteiger charge is -2.20. The van der Waals surface area contributed by atoms with Crippen molar-refractivity contribution in [2.75, 3.05) is 12.4 Å². The van der Waals surface area contributed by atoms with E-state index in [1.54, 1.807) is 7.11 Å². The molecular formula is C17H20ClNO. The van der Waals surface area contributed by atoms with E-state index in [2.05, 4.69) is 30.4 Å². The second-order valence-electron chi connectivity index (χ2n) is 4.77. The summed E-state index contributed by atoms with van der Waals surface area (Å²) >= 11 is 5.96. The van der Waals surface area contributed by atoms with Crippen LogP contribution in [0.25, 0.3) is 0 Å². The van der Waals surface area contributed by atoms with Gasteiger partial charge in [-0.05, 0) is 36.2 Å². The fourth-order valence-corrected chi connectivity index (χ4v) is 2.35. The average Bonchev–Trinajstić information content (AvgIpc) is 2.48. The van der Waals surface area contributed by atoms with E-state index in [4.69, 9.17) is 16.3 Å². The first-order valence-electron chi connectivity index (χ1n) is 6.89. The van der Waals surface area contributed by atoms with E-state index in [0.29, 0.717) is 0 Å². The number of hydrogen-bond acceptors (Lipinski definition) is 2. The Morgan fingerprint density at radius 3 is 2.55 bits per heavy atom. The van der Waals surface area contributed by atoms with Gasteiger partial charge in [0.1, 0.15) is 5.75 Å². The zero-order chi connectivity index (χ0) is 14.4. The van der Waals surface area contributed by atoms with Crippen LogP contribution >= 0.6 is 11.6 Å². The van der Waals surface area contributed by atoms with Crippen LogP contribution in [0, 0.1) is 0 Å². The Morgan fingerprint density at radius 1 is 1.15 bits per heavy atom. The van der Waals surface area contributed by atoms with Gasteiger partial charge in [0.2, 0.25) is 0 Å². The van der Waals surface area contributed by atoms with Crippen LogP contribution < -0.4 is 10.1 Å². The molecule has 0 bridgehead atoms. The van der Waals surface area contributed by atoms with E-state index in [0.717, 1.165) is 29.3 Å². The molecule has 0 aliphatic heterocycles. The molecule has 0 saturated carbocycles. The molecule has 1 N–H and O–H groups in total. The minimum absolute atomic E-state index is 0.282. The van der Waals surface area contributed by atoms with Gasteiger partial charge in [0.25, 0.3) is 0 Å². The largest absolute Gasteiger partial charge is 0.497 e. The SMILES string of the molecule is CCCC(Nc1cccc(OC)c1)c1ccc(Cl)cc1. The van der Waals surface area contributed by atoms with Gasteiger partial charge in [-0.25, -0.2) is 0 Å². The lowest BCUT2D eigenvalue weighted by molar-refractivity contribution is 0.415. The first-order valence-corrected chi connectivity index (χ1v) is 7.26. The summed E-state index contributed by atoms with van der Waals surface area (Å²) in [7, 11) is 1.68. The highest BCUT2D eigenvalue weighted by atomic mass is 35.5. The highest BCUT2D eigenvalue weighted by molar-refractivity contribution is 6.30. The van der Waals surface area contributed by atoms with Crippen molar-refractivity contribution in [1.29, 1.82) is 0 Å². The van der Waals surface area contributed by atoms with E-state index in [9.17, 15) is 0 Å². The molecule has 2 rings (SSSR count). The summed E-state index contributed by atoms with van der Waals surface area (Å²) in [5.74, 6) is 0.862. The van der Waals surface area contributed by atoms with Crippen LogP contribution in [0.15, 0.2) is 48.5 Å². The highest BCUT2D eigenvalue weighted by Gasteiger charge is 2.10. The van der Waals surface area contributed by atoms with E-state index in [1.807, 2.05) is 30.3 Å². The highest BCUT2D eigenvalue weighted by Crippen LogP contribution is 2.26. The number of nitrogens with one attached hydrogen (secondary N) is 1. The van der Waals surface area contributed by atoms with Crippen LogP contribution in [0.2, 0.25) is 5.02 Å². The van der Waals surface area contributed by atoms with Crippen molar-refractivity contribution in [2.45, 2.75) is 25.8 Å². The summed E-state index contributed by atoms with van der Waals surface area (Å²) in [6.07, 6.45) is 2.18. The lowest BCUT2D eigenvalue weighted by atomic mass is 10.0. The second-order valence-corrected chi connectivity index (χ2v) is 5.21. The molecule has 2 aromatic carbocycles. The molecule has 0 amide bonds. The topological polar surface area (TPSA) is 21.3 Å².